The van der Waals surface area contributed by atoms with E-state index in [1.807, 2.05) is 36.4 Å². The van der Waals surface area contributed by atoms with E-state index in [9.17, 15) is 0 Å². The fourth-order valence-corrected chi connectivity index (χ4v) is 2.14. The molecule has 106 valence electrons. The SMILES string of the molecule is CCc1ccc(OCc2ccc(Br)c(N)c2)c(OC)c1. The molecule has 2 aromatic carbocycles. The molecule has 0 amide bonds. The molecule has 0 bridgehead atoms. The van der Waals surface area contributed by atoms with Crippen LogP contribution in [0.2, 0.25) is 0 Å². The Morgan fingerprint density at radius 3 is 2.45 bits per heavy atom. The van der Waals surface area contributed by atoms with Crippen molar-refractivity contribution < 1.29 is 9.47 Å². The Hall–Kier alpha value is -1.68. The number of nitrogen functional groups attached to an aromatic ring is 1. The maximum Gasteiger partial charge on any atom is 0.161 e. The highest BCUT2D eigenvalue weighted by molar-refractivity contribution is 9.10. The van der Waals surface area contributed by atoms with Crippen LogP contribution in [0.4, 0.5) is 5.69 Å². The fourth-order valence-electron chi connectivity index (χ4n) is 1.90. The molecule has 0 aliphatic carbocycles. The zero-order valence-electron chi connectivity index (χ0n) is 11.7. The van der Waals surface area contributed by atoms with Crippen LogP contribution in [0.15, 0.2) is 40.9 Å². The third-order valence-electron chi connectivity index (χ3n) is 3.09. The van der Waals surface area contributed by atoms with Crippen LogP contribution >= 0.6 is 15.9 Å². The van der Waals surface area contributed by atoms with E-state index in [0.29, 0.717) is 12.3 Å². The fraction of sp³-hybridized carbons (Fsp3) is 0.250. The van der Waals surface area contributed by atoms with Gasteiger partial charge in [-0.25, -0.2) is 0 Å². The highest BCUT2D eigenvalue weighted by Gasteiger charge is 2.06. The maximum atomic E-state index is 5.86. The first-order chi connectivity index (χ1) is 9.63. The molecule has 0 aliphatic heterocycles. The second kappa shape index (κ2) is 6.66. The van der Waals surface area contributed by atoms with Gasteiger partial charge in [-0.3, -0.25) is 0 Å². The third kappa shape index (κ3) is 3.45. The summed E-state index contributed by atoms with van der Waals surface area (Å²) < 4.78 is 12.1. The first-order valence-corrected chi connectivity index (χ1v) is 7.27. The van der Waals surface area contributed by atoms with Crippen LogP contribution in [0.25, 0.3) is 0 Å². The Morgan fingerprint density at radius 1 is 1.05 bits per heavy atom. The second-order valence-electron chi connectivity index (χ2n) is 4.48. The van der Waals surface area contributed by atoms with E-state index in [1.165, 1.54) is 5.56 Å². The molecule has 3 nitrogen and oxygen atoms in total. The van der Waals surface area contributed by atoms with Crippen LogP contribution in [0, 0.1) is 0 Å². The van der Waals surface area contributed by atoms with Gasteiger partial charge in [-0.05, 0) is 57.7 Å². The lowest BCUT2D eigenvalue weighted by Crippen LogP contribution is -1.99. The van der Waals surface area contributed by atoms with Crippen molar-refractivity contribution in [1.29, 1.82) is 0 Å². The topological polar surface area (TPSA) is 44.5 Å². The van der Waals surface area contributed by atoms with Gasteiger partial charge in [-0.1, -0.05) is 19.1 Å². The molecule has 0 atom stereocenters. The minimum Gasteiger partial charge on any atom is -0.493 e. The number of rotatable bonds is 5. The number of ether oxygens (including phenoxy) is 2. The maximum absolute atomic E-state index is 5.86. The monoisotopic (exact) mass is 335 g/mol. The number of nitrogens with two attached hydrogens (primary N) is 1. The summed E-state index contributed by atoms with van der Waals surface area (Å²) in [5.41, 5.74) is 8.81. The molecule has 0 aliphatic rings. The van der Waals surface area contributed by atoms with Crippen LogP contribution in [-0.2, 0) is 13.0 Å². The van der Waals surface area contributed by atoms with E-state index in [2.05, 4.69) is 22.9 Å². The van der Waals surface area contributed by atoms with Gasteiger partial charge in [0.25, 0.3) is 0 Å². The molecular weight excluding hydrogens is 318 g/mol. The smallest absolute Gasteiger partial charge is 0.161 e. The summed E-state index contributed by atoms with van der Waals surface area (Å²) in [4.78, 5) is 0. The zero-order valence-corrected chi connectivity index (χ0v) is 13.2. The molecule has 20 heavy (non-hydrogen) atoms. The lowest BCUT2D eigenvalue weighted by Gasteiger charge is -2.12. The average Bonchev–Trinajstić information content (AvgIpc) is 2.48. The molecule has 2 aromatic rings. The summed E-state index contributed by atoms with van der Waals surface area (Å²) in [7, 11) is 1.65. The molecule has 2 N–H and O–H groups in total. The van der Waals surface area contributed by atoms with Crippen molar-refractivity contribution in [2.45, 2.75) is 20.0 Å². The molecule has 0 heterocycles. The van der Waals surface area contributed by atoms with E-state index in [1.54, 1.807) is 7.11 Å². The molecule has 0 spiro atoms. The van der Waals surface area contributed by atoms with Crippen LogP contribution in [0.3, 0.4) is 0 Å². The quantitative estimate of drug-likeness (QED) is 0.833. The predicted octanol–water partition coefficient (Wildman–Crippen LogP) is 4.18. The molecule has 0 unspecified atom stereocenters. The Labute approximate surface area is 127 Å². The summed E-state index contributed by atoms with van der Waals surface area (Å²) >= 11 is 3.38. The number of hydrogen-bond acceptors (Lipinski definition) is 3. The standard InChI is InChI=1S/C16H18BrNO2/c1-3-11-5-7-15(16(9-11)19-2)20-10-12-4-6-13(17)14(18)8-12/h4-9H,3,10,18H2,1-2H3. The summed E-state index contributed by atoms with van der Waals surface area (Å²) in [5.74, 6) is 1.50. The van der Waals surface area contributed by atoms with Crippen molar-refractivity contribution in [3.05, 3.63) is 52.0 Å². The molecule has 0 fully saturated rings. The number of anilines is 1. The molecule has 2 rings (SSSR count). The van der Waals surface area contributed by atoms with Gasteiger partial charge < -0.3 is 15.2 Å². The predicted molar refractivity (Wildman–Crippen MR) is 85.3 cm³/mol. The first-order valence-electron chi connectivity index (χ1n) is 6.47. The molecule has 0 saturated heterocycles. The lowest BCUT2D eigenvalue weighted by molar-refractivity contribution is 0.284. The number of aryl methyl sites for hydroxylation is 1. The molecule has 0 saturated carbocycles. The van der Waals surface area contributed by atoms with E-state index >= 15 is 0 Å². The van der Waals surface area contributed by atoms with Gasteiger partial charge >= 0.3 is 0 Å². The van der Waals surface area contributed by atoms with Crippen molar-refractivity contribution >= 4 is 21.6 Å². The molecule has 0 radical (unpaired) electrons. The van der Waals surface area contributed by atoms with Crippen molar-refractivity contribution in [1.82, 2.24) is 0 Å². The third-order valence-corrected chi connectivity index (χ3v) is 3.81. The van der Waals surface area contributed by atoms with Gasteiger partial charge in [0, 0.05) is 10.2 Å². The van der Waals surface area contributed by atoms with E-state index < -0.39 is 0 Å². The highest BCUT2D eigenvalue weighted by Crippen LogP contribution is 2.29. The molecular formula is C16H18BrNO2. The van der Waals surface area contributed by atoms with Crippen LogP contribution in [0.1, 0.15) is 18.1 Å². The Balaban J connectivity index is 2.12. The summed E-state index contributed by atoms with van der Waals surface area (Å²) in [6.45, 7) is 2.57. The lowest BCUT2D eigenvalue weighted by atomic mass is 10.1. The number of methoxy groups -OCH3 is 1. The van der Waals surface area contributed by atoms with Crippen molar-refractivity contribution in [3.63, 3.8) is 0 Å². The average molecular weight is 336 g/mol. The van der Waals surface area contributed by atoms with Crippen molar-refractivity contribution in [2.75, 3.05) is 12.8 Å². The van der Waals surface area contributed by atoms with Crippen LogP contribution in [-0.4, -0.2) is 7.11 Å². The van der Waals surface area contributed by atoms with Gasteiger partial charge in [0.05, 0.1) is 7.11 Å². The van der Waals surface area contributed by atoms with Crippen molar-refractivity contribution in [2.24, 2.45) is 0 Å². The normalized spacial score (nSPS) is 10.3. The first kappa shape index (κ1) is 14.7. The minimum absolute atomic E-state index is 0.458. The van der Waals surface area contributed by atoms with Crippen LogP contribution < -0.4 is 15.2 Å². The Kier molecular flexibility index (Phi) is 4.90. The van der Waals surface area contributed by atoms with Gasteiger partial charge in [-0.2, -0.15) is 0 Å². The summed E-state index contributed by atoms with van der Waals surface area (Å²) in [6, 6.07) is 11.8. The summed E-state index contributed by atoms with van der Waals surface area (Å²) in [6.07, 6.45) is 0.972. The summed E-state index contributed by atoms with van der Waals surface area (Å²) in [5, 5.41) is 0. The minimum atomic E-state index is 0.458. The molecule has 4 heteroatoms. The van der Waals surface area contributed by atoms with Crippen molar-refractivity contribution in [3.8, 4) is 11.5 Å². The van der Waals surface area contributed by atoms with Gasteiger partial charge in [0.1, 0.15) is 6.61 Å². The van der Waals surface area contributed by atoms with Gasteiger partial charge in [0.15, 0.2) is 11.5 Å². The second-order valence-corrected chi connectivity index (χ2v) is 5.34. The van der Waals surface area contributed by atoms with Gasteiger partial charge in [0.2, 0.25) is 0 Å². The van der Waals surface area contributed by atoms with Crippen LogP contribution in [0.5, 0.6) is 11.5 Å². The zero-order chi connectivity index (χ0) is 14.5. The molecule has 0 aromatic heterocycles. The number of hydrogen-bond donors (Lipinski definition) is 1. The number of halogens is 1. The highest BCUT2D eigenvalue weighted by atomic mass is 79.9. The Bertz CT molecular complexity index is 599. The number of benzene rings is 2. The van der Waals surface area contributed by atoms with E-state index in [-0.39, 0.29) is 0 Å². The Morgan fingerprint density at radius 2 is 1.80 bits per heavy atom. The van der Waals surface area contributed by atoms with E-state index in [4.69, 9.17) is 15.2 Å². The largest absolute Gasteiger partial charge is 0.493 e. The van der Waals surface area contributed by atoms with E-state index in [0.717, 1.165) is 28.0 Å². The van der Waals surface area contributed by atoms with Gasteiger partial charge in [-0.15, -0.1) is 0 Å².